The molecule has 0 radical (unpaired) electrons. The molecule has 5 heteroatoms. The maximum atomic E-state index is 12.4. The Labute approximate surface area is 132 Å². The van der Waals surface area contributed by atoms with E-state index >= 15 is 0 Å². The zero-order chi connectivity index (χ0) is 16.3. The summed E-state index contributed by atoms with van der Waals surface area (Å²) in [6, 6.07) is 4.06. The number of hydrogen-bond donors (Lipinski definition) is 2. The second kappa shape index (κ2) is 6.81. The fraction of sp³-hybridized carbons (Fsp3) is 0.529. The lowest BCUT2D eigenvalue weighted by Crippen LogP contribution is -2.44. The van der Waals surface area contributed by atoms with Gasteiger partial charge in [-0.2, -0.15) is 0 Å². The number of aryl methyl sites for hydroxylation is 3. The van der Waals surface area contributed by atoms with E-state index in [-0.39, 0.29) is 17.9 Å². The van der Waals surface area contributed by atoms with Gasteiger partial charge >= 0.3 is 6.03 Å². The molecule has 22 heavy (non-hydrogen) atoms. The maximum absolute atomic E-state index is 12.4. The van der Waals surface area contributed by atoms with Gasteiger partial charge < -0.3 is 15.5 Å². The van der Waals surface area contributed by atoms with Crippen molar-refractivity contribution in [2.45, 2.75) is 33.6 Å². The second-order valence-electron chi connectivity index (χ2n) is 6.08. The first-order valence-corrected chi connectivity index (χ1v) is 7.77. The number of likely N-dealkylation sites (tertiary alicyclic amines) is 1. The summed E-state index contributed by atoms with van der Waals surface area (Å²) in [6.45, 7) is 7.30. The van der Waals surface area contributed by atoms with Crippen LogP contribution in [0.2, 0.25) is 0 Å². The number of urea groups is 1. The molecule has 0 bridgehead atoms. The Morgan fingerprint density at radius 1 is 1.09 bits per heavy atom. The van der Waals surface area contributed by atoms with E-state index in [4.69, 9.17) is 0 Å². The molecule has 1 aromatic carbocycles. The number of carbonyl (C=O) groups is 2. The van der Waals surface area contributed by atoms with Gasteiger partial charge in [0, 0.05) is 31.7 Å². The molecule has 1 heterocycles. The Bertz CT molecular complexity index is 552. The standard InChI is InChI=1S/C17H25N3O2/c1-11-9-12(2)15(13(3)10-11)19-17(22)20-7-5-14(6-8-20)16(21)18-4/h9-10,14H,5-8H2,1-4H3,(H,18,21)(H,19,22). The van der Waals surface area contributed by atoms with Crippen LogP contribution >= 0.6 is 0 Å². The van der Waals surface area contributed by atoms with Crippen LogP contribution in [-0.4, -0.2) is 37.0 Å². The summed E-state index contributed by atoms with van der Waals surface area (Å²) < 4.78 is 0. The molecule has 0 atom stereocenters. The lowest BCUT2D eigenvalue weighted by atomic mass is 9.96. The highest BCUT2D eigenvalue weighted by Gasteiger charge is 2.27. The predicted molar refractivity (Wildman–Crippen MR) is 88.0 cm³/mol. The molecule has 3 amide bonds. The van der Waals surface area contributed by atoms with Crippen molar-refractivity contribution in [1.82, 2.24) is 10.2 Å². The van der Waals surface area contributed by atoms with E-state index in [1.165, 1.54) is 5.56 Å². The van der Waals surface area contributed by atoms with Gasteiger partial charge in [0.05, 0.1) is 0 Å². The third-order valence-corrected chi connectivity index (χ3v) is 4.31. The first kappa shape index (κ1) is 16.3. The van der Waals surface area contributed by atoms with Crippen molar-refractivity contribution >= 4 is 17.6 Å². The molecule has 2 rings (SSSR count). The van der Waals surface area contributed by atoms with Gasteiger partial charge in [0.2, 0.25) is 5.91 Å². The van der Waals surface area contributed by atoms with E-state index in [1.807, 2.05) is 13.8 Å². The predicted octanol–water partition coefficient (Wildman–Crippen LogP) is 2.60. The van der Waals surface area contributed by atoms with E-state index in [2.05, 4.69) is 29.7 Å². The minimum absolute atomic E-state index is 0.0249. The van der Waals surface area contributed by atoms with Gasteiger partial charge in [0.25, 0.3) is 0 Å². The third-order valence-electron chi connectivity index (χ3n) is 4.31. The Morgan fingerprint density at radius 3 is 2.14 bits per heavy atom. The number of nitrogens with one attached hydrogen (secondary N) is 2. The molecule has 0 saturated carbocycles. The number of benzene rings is 1. The third kappa shape index (κ3) is 3.59. The van der Waals surface area contributed by atoms with Crippen LogP contribution in [0, 0.1) is 26.7 Å². The average molecular weight is 303 g/mol. The normalized spacial score (nSPS) is 15.5. The van der Waals surface area contributed by atoms with Gasteiger partial charge in [0.15, 0.2) is 0 Å². The number of piperidine rings is 1. The second-order valence-corrected chi connectivity index (χ2v) is 6.08. The molecule has 1 aliphatic rings. The molecular weight excluding hydrogens is 278 g/mol. The van der Waals surface area contributed by atoms with Gasteiger partial charge in [-0.15, -0.1) is 0 Å². The molecule has 0 spiro atoms. The molecule has 1 aromatic rings. The quantitative estimate of drug-likeness (QED) is 0.882. The topological polar surface area (TPSA) is 61.4 Å². The number of amides is 3. The molecule has 0 unspecified atom stereocenters. The van der Waals surface area contributed by atoms with Gasteiger partial charge in [-0.1, -0.05) is 17.7 Å². The fourth-order valence-corrected chi connectivity index (χ4v) is 3.11. The van der Waals surface area contributed by atoms with Crippen LogP contribution in [0.15, 0.2) is 12.1 Å². The highest BCUT2D eigenvalue weighted by Crippen LogP contribution is 2.23. The molecule has 1 fully saturated rings. The first-order chi connectivity index (χ1) is 10.4. The van der Waals surface area contributed by atoms with Crippen molar-refractivity contribution in [2.24, 2.45) is 5.92 Å². The van der Waals surface area contributed by atoms with Crippen molar-refractivity contribution in [3.05, 3.63) is 28.8 Å². The van der Waals surface area contributed by atoms with Crippen LogP contribution in [0.25, 0.3) is 0 Å². The molecule has 1 saturated heterocycles. The minimum Gasteiger partial charge on any atom is -0.359 e. The van der Waals surface area contributed by atoms with E-state index in [0.29, 0.717) is 13.1 Å². The Kier molecular flexibility index (Phi) is 5.06. The van der Waals surface area contributed by atoms with E-state index < -0.39 is 0 Å². The molecule has 2 N–H and O–H groups in total. The summed E-state index contributed by atoms with van der Waals surface area (Å²) in [5.74, 6) is 0.0992. The summed E-state index contributed by atoms with van der Waals surface area (Å²) >= 11 is 0. The zero-order valence-corrected chi connectivity index (χ0v) is 13.8. The smallest absolute Gasteiger partial charge is 0.321 e. The van der Waals surface area contributed by atoms with Crippen LogP contribution in [0.4, 0.5) is 10.5 Å². The lowest BCUT2D eigenvalue weighted by Gasteiger charge is -2.31. The average Bonchev–Trinajstić information content (AvgIpc) is 2.50. The van der Waals surface area contributed by atoms with Crippen molar-refractivity contribution in [2.75, 3.05) is 25.5 Å². The number of anilines is 1. The van der Waals surface area contributed by atoms with Gasteiger partial charge in [0.1, 0.15) is 0 Å². The summed E-state index contributed by atoms with van der Waals surface area (Å²) in [5.41, 5.74) is 4.24. The summed E-state index contributed by atoms with van der Waals surface area (Å²) in [5, 5.41) is 5.70. The maximum Gasteiger partial charge on any atom is 0.321 e. The highest BCUT2D eigenvalue weighted by atomic mass is 16.2. The van der Waals surface area contributed by atoms with Gasteiger partial charge in [-0.05, 0) is 44.7 Å². The monoisotopic (exact) mass is 303 g/mol. The van der Waals surface area contributed by atoms with E-state index in [9.17, 15) is 9.59 Å². The summed E-state index contributed by atoms with van der Waals surface area (Å²) in [4.78, 5) is 25.8. The van der Waals surface area contributed by atoms with Crippen molar-refractivity contribution in [3.8, 4) is 0 Å². The largest absolute Gasteiger partial charge is 0.359 e. The van der Waals surface area contributed by atoms with E-state index in [0.717, 1.165) is 29.7 Å². The van der Waals surface area contributed by atoms with Gasteiger partial charge in [-0.3, -0.25) is 4.79 Å². The number of rotatable bonds is 2. The molecule has 120 valence electrons. The van der Waals surface area contributed by atoms with Crippen LogP contribution in [0.5, 0.6) is 0 Å². The fourth-order valence-electron chi connectivity index (χ4n) is 3.11. The number of hydrogen-bond acceptors (Lipinski definition) is 2. The van der Waals surface area contributed by atoms with E-state index in [1.54, 1.807) is 11.9 Å². The van der Waals surface area contributed by atoms with Crippen LogP contribution < -0.4 is 10.6 Å². The van der Waals surface area contributed by atoms with Crippen molar-refractivity contribution in [3.63, 3.8) is 0 Å². The first-order valence-electron chi connectivity index (χ1n) is 7.77. The number of carbonyl (C=O) groups excluding carboxylic acids is 2. The lowest BCUT2D eigenvalue weighted by molar-refractivity contribution is -0.125. The van der Waals surface area contributed by atoms with Crippen molar-refractivity contribution in [1.29, 1.82) is 0 Å². The zero-order valence-electron chi connectivity index (χ0n) is 13.8. The van der Waals surface area contributed by atoms with Crippen LogP contribution in [-0.2, 0) is 4.79 Å². The molecule has 1 aliphatic heterocycles. The SMILES string of the molecule is CNC(=O)C1CCN(C(=O)Nc2c(C)cc(C)cc2C)CC1. The Balaban J connectivity index is 1.98. The Morgan fingerprint density at radius 2 is 1.64 bits per heavy atom. The minimum atomic E-state index is -0.0783. The molecule has 0 aliphatic carbocycles. The summed E-state index contributed by atoms with van der Waals surface area (Å²) in [6.07, 6.45) is 1.44. The molecule has 5 nitrogen and oxygen atoms in total. The number of nitrogens with zero attached hydrogens (tertiary/aromatic N) is 1. The molecule has 0 aromatic heterocycles. The van der Waals surface area contributed by atoms with Crippen LogP contribution in [0.3, 0.4) is 0 Å². The summed E-state index contributed by atoms with van der Waals surface area (Å²) in [7, 11) is 1.66. The van der Waals surface area contributed by atoms with Crippen LogP contribution in [0.1, 0.15) is 29.5 Å². The highest BCUT2D eigenvalue weighted by molar-refractivity contribution is 5.91. The molecular formula is C17H25N3O2. The van der Waals surface area contributed by atoms with Gasteiger partial charge in [-0.25, -0.2) is 4.79 Å². The Hall–Kier alpha value is -2.04. The van der Waals surface area contributed by atoms with Crippen molar-refractivity contribution < 1.29 is 9.59 Å².